The minimum atomic E-state index is -0.432. The molecule has 2 aromatic rings. The second-order valence-electron chi connectivity index (χ2n) is 4.34. The Labute approximate surface area is 125 Å². The van der Waals surface area contributed by atoms with E-state index in [0.717, 1.165) is 22.3 Å². The van der Waals surface area contributed by atoms with Crippen molar-refractivity contribution in [3.8, 4) is 6.07 Å². The summed E-state index contributed by atoms with van der Waals surface area (Å²) in [6, 6.07) is 6.28. The van der Waals surface area contributed by atoms with Crippen molar-refractivity contribution in [2.24, 2.45) is 7.05 Å². The first-order valence-electron chi connectivity index (χ1n) is 6.20. The van der Waals surface area contributed by atoms with E-state index in [9.17, 15) is 4.39 Å². The molecule has 2 rings (SSSR count). The van der Waals surface area contributed by atoms with Crippen LogP contribution in [0, 0.1) is 17.1 Å². The Morgan fingerprint density at radius 3 is 2.80 bits per heavy atom. The molecule has 0 saturated carbocycles. The SMILES string of the molecule is CCc1nn(C)c(CNc2ccc(C#N)cc2F)c1Br. The molecule has 1 N–H and O–H groups in total. The van der Waals surface area contributed by atoms with Gasteiger partial charge in [-0.3, -0.25) is 4.68 Å². The number of aromatic nitrogens is 2. The zero-order valence-corrected chi connectivity index (χ0v) is 12.8. The van der Waals surface area contributed by atoms with Crippen LogP contribution >= 0.6 is 15.9 Å². The first kappa shape index (κ1) is 14.5. The Morgan fingerprint density at radius 1 is 1.50 bits per heavy atom. The maximum absolute atomic E-state index is 13.8. The molecule has 0 unspecified atom stereocenters. The van der Waals surface area contributed by atoms with Gasteiger partial charge in [-0.05, 0) is 40.5 Å². The van der Waals surface area contributed by atoms with Crippen LogP contribution in [-0.4, -0.2) is 9.78 Å². The van der Waals surface area contributed by atoms with Gasteiger partial charge in [0.2, 0.25) is 0 Å². The van der Waals surface area contributed by atoms with Crippen LogP contribution in [0.25, 0.3) is 0 Å². The summed E-state index contributed by atoms with van der Waals surface area (Å²) in [7, 11) is 1.86. The lowest BCUT2D eigenvalue weighted by atomic mass is 10.2. The van der Waals surface area contributed by atoms with Crippen molar-refractivity contribution in [2.75, 3.05) is 5.32 Å². The third kappa shape index (κ3) is 2.83. The van der Waals surface area contributed by atoms with E-state index in [1.165, 1.54) is 6.07 Å². The first-order valence-corrected chi connectivity index (χ1v) is 6.99. The van der Waals surface area contributed by atoms with Crippen LogP contribution in [0.1, 0.15) is 23.9 Å². The molecule has 1 heterocycles. The van der Waals surface area contributed by atoms with Crippen molar-refractivity contribution < 1.29 is 4.39 Å². The molecule has 0 atom stereocenters. The van der Waals surface area contributed by atoms with E-state index in [4.69, 9.17) is 5.26 Å². The summed E-state index contributed by atoms with van der Waals surface area (Å²) in [6.07, 6.45) is 0.833. The van der Waals surface area contributed by atoms with Crippen molar-refractivity contribution in [1.82, 2.24) is 9.78 Å². The topological polar surface area (TPSA) is 53.6 Å². The molecule has 0 spiro atoms. The molecule has 6 heteroatoms. The van der Waals surface area contributed by atoms with Gasteiger partial charge in [0.05, 0.1) is 39.7 Å². The fourth-order valence-electron chi connectivity index (χ4n) is 1.92. The summed E-state index contributed by atoms with van der Waals surface area (Å²) in [5.74, 6) is -0.432. The summed E-state index contributed by atoms with van der Waals surface area (Å²) >= 11 is 3.52. The maximum atomic E-state index is 13.8. The highest BCUT2D eigenvalue weighted by Gasteiger charge is 2.12. The summed E-state index contributed by atoms with van der Waals surface area (Å²) in [6.45, 7) is 2.48. The Hall–Kier alpha value is -1.87. The van der Waals surface area contributed by atoms with E-state index >= 15 is 0 Å². The quantitative estimate of drug-likeness (QED) is 0.931. The van der Waals surface area contributed by atoms with Gasteiger partial charge in [-0.2, -0.15) is 10.4 Å². The Bertz CT molecular complexity index is 673. The van der Waals surface area contributed by atoms with Gasteiger partial charge in [0.25, 0.3) is 0 Å². The summed E-state index contributed by atoms with van der Waals surface area (Å²) in [4.78, 5) is 0. The molecule has 0 aliphatic carbocycles. The van der Waals surface area contributed by atoms with E-state index in [2.05, 4.69) is 26.3 Å². The molecule has 4 nitrogen and oxygen atoms in total. The molecule has 20 heavy (non-hydrogen) atoms. The third-order valence-corrected chi connectivity index (χ3v) is 3.96. The van der Waals surface area contributed by atoms with E-state index in [1.807, 2.05) is 20.0 Å². The predicted molar refractivity (Wildman–Crippen MR) is 78.7 cm³/mol. The molecular formula is C14H14BrFN4. The molecule has 104 valence electrons. The summed E-state index contributed by atoms with van der Waals surface area (Å²) < 4.78 is 16.5. The highest BCUT2D eigenvalue weighted by Crippen LogP contribution is 2.23. The summed E-state index contributed by atoms with van der Waals surface area (Å²) in [5.41, 5.74) is 2.60. The average Bonchev–Trinajstić information content (AvgIpc) is 2.72. The smallest absolute Gasteiger partial charge is 0.147 e. The van der Waals surface area contributed by atoms with Crippen molar-refractivity contribution in [1.29, 1.82) is 5.26 Å². The number of hydrogen-bond acceptors (Lipinski definition) is 3. The minimum Gasteiger partial charge on any atom is -0.377 e. The van der Waals surface area contributed by atoms with Crippen molar-refractivity contribution >= 4 is 21.6 Å². The van der Waals surface area contributed by atoms with Gasteiger partial charge in [-0.1, -0.05) is 6.92 Å². The lowest BCUT2D eigenvalue weighted by Gasteiger charge is -2.08. The molecule has 1 aromatic heterocycles. The van der Waals surface area contributed by atoms with Crippen LogP contribution in [-0.2, 0) is 20.0 Å². The van der Waals surface area contributed by atoms with Gasteiger partial charge in [-0.25, -0.2) is 4.39 Å². The van der Waals surface area contributed by atoms with Crippen LogP contribution in [0.4, 0.5) is 10.1 Å². The van der Waals surface area contributed by atoms with Crippen LogP contribution in [0.3, 0.4) is 0 Å². The molecule has 0 fully saturated rings. The Balaban J connectivity index is 2.17. The largest absolute Gasteiger partial charge is 0.377 e. The Morgan fingerprint density at radius 2 is 2.25 bits per heavy atom. The molecule has 0 bridgehead atoms. The maximum Gasteiger partial charge on any atom is 0.147 e. The molecular weight excluding hydrogens is 323 g/mol. The average molecular weight is 337 g/mol. The number of benzene rings is 1. The van der Waals surface area contributed by atoms with Gasteiger partial charge < -0.3 is 5.32 Å². The van der Waals surface area contributed by atoms with E-state index < -0.39 is 5.82 Å². The van der Waals surface area contributed by atoms with Crippen LogP contribution in [0.2, 0.25) is 0 Å². The highest BCUT2D eigenvalue weighted by atomic mass is 79.9. The molecule has 0 amide bonds. The van der Waals surface area contributed by atoms with Crippen molar-refractivity contribution in [3.63, 3.8) is 0 Å². The third-order valence-electron chi connectivity index (χ3n) is 3.05. The lowest BCUT2D eigenvalue weighted by Crippen LogP contribution is -2.07. The molecule has 1 aromatic carbocycles. The Kier molecular flexibility index (Phi) is 4.40. The zero-order valence-electron chi connectivity index (χ0n) is 11.2. The monoisotopic (exact) mass is 336 g/mol. The van der Waals surface area contributed by atoms with Gasteiger partial charge in [0.15, 0.2) is 0 Å². The normalized spacial score (nSPS) is 10.3. The van der Waals surface area contributed by atoms with Gasteiger partial charge in [-0.15, -0.1) is 0 Å². The zero-order chi connectivity index (χ0) is 14.7. The first-order chi connectivity index (χ1) is 9.56. The summed E-state index contributed by atoms with van der Waals surface area (Å²) in [5, 5.41) is 16.1. The second kappa shape index (κ2) is 6.06. The highest BCUT2D eigenvalue weighted by molar-refractivity contribution is 9.10. The molecule has 0 aliphatic heterocycles. The van der Waals surface area contributed by atoms with Crippen LogP contribution in [0.5, 0.6) is 0 Å². The number of aryl methyl sites for hydroxylation is 2. The van der Waals surface area contributed by atoms with Gasteiger partial charge in [0.1, 0.15) is 5.82 Å². The van der Waals surface area contributed by atoms with Gasteiger partial charge in [0, 0.05) is 7.05 Å². The second-order valence-corrected chi connectivity index (χ2v) is 5.14. The lowest BCUT2D eigenvalue weighted by molar-refractivity contribution is 0.628. The molecule has 0 radical (unpaired) electrons. The van der Waals surface area contributed by atoms with Crippen LogP contribution in [0.15, 0.2) is 22.7 Å². The number of nitrogens with zero attached hydrogens (tertiary/aromatic N) is 3. The number of rotatable bonds is 4. The van der Waals surface area contributed by atoms with Crippen molar-refractivity contribution in [2.45, 2.75) is 19.9 Å². The molecule has 0 saturated heterocycles. The number of halogens is 2. The van der Waals surface area contributed by atoms with Gasteiger partial charge >= 0.3 is 0 Å². The number of hydrogen-bond donors (Lipinski definition) is 1. The standard InChI is InChI=1S/C14H14BrFN4/c1-3-11-14(15)13(20(2)19-11)8-18-12-5-4-9(7-17)6-10(12)16/h4-6,18H,3,8H2,1-2H3. The fraction of sp³-hybridized carbons (Fsp3) is 0.286. The predicted octanol–water partition coefficient (Wildman–Crippen LogP) is 3.37. The van der Waals surface area contributed by atoms with E-state index in [1.54, 1.807) is 16.8 Å². The minimum absolute atomic E-state index is 0.308. The van der Waals surface area contributed by atoms with Crippen LogP contribution < -0.4 is 5.32 Å². The fourth-order valence-corrected chi connectivity index (χ4v) is 2.68. The number of nitrogens with one attached hydrogen (secondary N) is 1. The molecule has 0 aliphatic rings. The van der Waals surface area contributed by atoms with E-state index in [0.29, 0.717) is 17.8 Å². The number of anilines is 1. The number of nitriles is 1. The van der Waals surface area contributed by atoms with Crippen molar-refractivity contribution in [3.05, 3.63) is 45.4 Å². The van der Waals surface area contributed by atoms with E-state index in [-0.39, 0.29) is 0 Å².